The second kappa shape index (κ2) is 8.21. The molecule has 1 aliphatic carbocycles. The average Bonchev–Trinajstić information content (AvgIpc) is 3.39. The number of halogens is 1. The van der Waals surface area contributed by atoms with Crippen LogP contribution in [0.5, 0.6) is 0 Å². The van der Waals surface area contributed by atoms with Gasteiger partial charge in [0, 0.05) is 47.2 Å². The Hall–Kier alpha value is -3.11. The molecular formula is C26H30FN7OS. The summed E-state index contributed by atoms with van der Waals surface area (Å²) in [7, 11) is 0. The van der Waals surface area contributed by atoms with Crippen LogP contribution in [-0.2, 0) is 17.4 Å². The van der Waals surface area contributed by atoms with Gasteiger partial charge in [-0.05, 0) is 49.9 Å². The van der Waals surface area contributed by atoms with Crippen LogP contribution >= 0.6 is 11.3 Å². The minimum absolute atomic E-state index is 0.0745. The molecule has 1 saturated carbocycles. The number of nitrogens with zero attached hydrogens (tertiary/aromatic N) is 5. The maximum absolute atomic E-state index is 13.7. The fourth-order valence-electron chi connectivity index (χ4n) is 5.14. The zero-order chi connectivity index (χ0) is 25.2. The predicted octanol–water partition coefficient (Wildman–Crippen LogP) is 4.75. The highest BCUT2D eigenvalue weighted by molar-refractivity contribution is 7.12. The Morgan fingerprint density at radius 1 is 1.25 bits per heavy atom. The van der Waals surface area contributed by atoms with Crippen LogP contribution in [0, 0.1) is 0 Å². The van der Waals surface area contributed by atoms with E-state index < -0.39 is 12.1 Å². The SMILES string of the molecule is CC(C)n1c(=O)c2cnc(Nc3ccc4c(c3)CNCC4(C)C)nc2n1-c1nc(C2(CF)CC2)cs1. The molecule has 2 aliphatic rings. The van der Waals surface area contributed by atoms with Crippen LogP contribution in [0.3, 0.4) is 0 Å². The molecule has 0 radical (unpaired) electrons. The minimum atomic E-state index is -0.460. The number of rotatable bonds is 6. The zero-order valence-electron chi connectivity index (χ0n) is 20.9. The molecular weight excluding hydrogens is 477 g/mol. The first kappa shape index (κ1) is 23.3. The second-order valence-corrected chi connectivity index (χ2v) is 11.7. The highest BCUT2D eigenvalue weighted by atomic mass is 32.1. The van der Waals surface area contributed by atoms with Crippen molar-refractivity contribution >= 4 is 34.0 Å². The summed E-state index contributed by atoms with van der Waals surface area (Å²) in [5.74, 6) is 0.402. The number of fused-ring (bicyclic) bond motifs is 2. The lowest BCUT2D eigenvalue weighted by molar-refractivity contribution is 0.412. The quantitative estimate of drug-likeness (QED) is 0.392. The van der Waals surface area contributed by atoms with Gasteiger partial charge >= 0.3 is 0 Å². The number of benzene rings is 1. The maximum atomic E-state index is 13.7. The fraction of sp³-hybridized carbons (Fsp3) is 0.462. The summed E-state index contributed by atoms with van der Waals surface area (Å²) in [6.07, 6.45) is 3.18. The van der Waals surface area contributed by atoms with Crippen LogP contribution in [-0.4, -0.2) is 37.5 Å². The molecule has 0 saturated heterocycles. The summed E-state index contributed by atoms with van der Waals surface area (Å²) >= 11 is 1.41. The molecule has 4 heterocycles. The van der Waals surface area contributed by atoms with E-state index in [4.69, 9.17) is 9.97 Å². The first-order chi connectivity index (χ1) is 17.2. The molecule has 0 atom stereocenters. The Morgan fingerprint density at radius 2 is 2.06 bits per heavy atom. The highest BCUT2D eigenvalue weighted by Gasteiger charge is 2.46. The van der Waals surface area contributed by atoms with Crippen molar-refractivity contribution in [1.29, 1.82) is 0 Å². The molecule has 4 aromatic rings. The van der Waals surface area contributed by atoms with Crippen LogP contribution in [0.1, 0.15) is 63.4 Å². The van der Waals surface area contributed by atoms with E-state index in [2.05, 4.69) is 41.6 Å². The minimum Gasteiger partial charge on any atom is -0.324 e. The summed E-state index contributed by atoms with van der Waals surface area (Å²) in [6, 6.07) is 6.22. The molecule has 0 spiro atoms. The predicted molar refractivity (Wildman–Crippen MR) is 141 cm³/mol. The molecule has 1 aliphatic heterocycles. The van der Waals surface area contributed by atoms with Crippen molar-refractivity contribution in [1.82, 2.24) is 29.6 Å². The molecule has 1 aromatic carbocycles. The van der Waals surface area contributed by atoms with E-state index in [0.717, 1.165) is 37.3 Å². The molecule has 3 aromatic heterocycles. The van der Waals surface area contributed by atoms with Crippen molar-refractivity contribution in [2.24, 2.45) is 0 Å². The second-order valence-electron chi connectivity index (χ2n) is 10.9. The van der Waals surface area contributed by atoms with Crippen molar-refractivity contribution in [3.05, 3.63) is 57.0 Å². The van der Waals surface area contributed by atoms with Gasteiger partial charge in [-0.3, -0.25) is 9.18 Å². The van der Waals surface area contributed by atoms with Crippen molar-refractivity contribution < 1.29 is 4.39 Å². The van der Waals surface area contributed by atoms with Gasteiger partial charge in [0.1, 0.15) is 12.1 Å². The number of anilines is 2. The van der Waals surface area contributed by atoms with Crippen molar-refractivity contribution in [3.8, 4) is 5.13 Å². The van der Waals surface area contributed by atoms with E-state index in [1.807, 2.05) is 25.3 Å². The molecule has 8 nitrogen and oxygen atoms in total. The van der Waals surface area contributed by atoms with Gasteiger partial charge in [-0.25, -0.2) is 19.3 Å². The lowest BCUT2D eigenvalue weighted by atomic mass is 9.79. The summed E-state index contributed by atoms with van der Waals surface area (Å²) in [4.78, 5) is 27.2. The standard InChI is InChI=1S/C26H30FN7OS/c1-15(2)33-22(35)18-11-29-23(30-17-5-6-19-16(9-17)10-28-14-25(19,3)4)32-21(18)34(33)24-31-20(12-36-24)26(13-27)7-8-26/h5-6,9,11-12,15,28H,7-8,10,13-14H2,1-4H3,(H,29,30,32). The van der Waals surface area contributed by atoms with E-state index in [1.165, 1.54) is 22.5 Å². The van der Waals surface area contributed by atoms with E-state index in [9.17, 15) is 9.18 Å². The number of alkyl halides is 1. The topological polar surface area (TPSA) is 89.7 Å². The Kier molecular flexibility index (Phi) is 5.31. The number of hydrogen-bond acceptors (Lipinski definition) is 7. The van der Waals surface area contributed by atoms with Crippen LogP contribution in [0.4, 0.5) is 16.0 Å². The fourth-order valence-corrected chi connectivity index (χ4v) is 6.08. The first-order valence-electron chi connectivity index (χ1n) is 12.4. The summed E-state index contributed by atoms with van der Waals surface area (Å²) in [5, 5.41) is 9.74. The van der Waals surface area contributed by atoms with E-state index >= 15 is 0 Å². The van der Waals surface area contributed by atoms with Gasteiger partial charge in [0.2, 0.25) is 11.1 Å². The molecule has 10 heteroatoms. The van der Waals surface area contributed by atoms with Gasteiger partial charge in [0.25, 0.3) is 5.56 Å². The first-order valence-corrected chi connectivity index (χ1v) is 13.2. The van der Waals surface area contributed by atoms with Gasteiger partial charge in [0.05, 0.1) is 5.69 Å². The monoisotopic (exact) mass is 507 g/mol. The van der Waals surface area contributed by atoms with Gasteiger partial charge in [-0.15, -0.1) is 11.3 Å². The smallest absolute Gasteiger partial charge is 0.278 e. The van der Waals surface area contributed by atoms with Crippen molar-refractivity contribution in [2.45, 2.75) is 64.0 Å². The number of aromatic nitrogens is 5. The normalized spacial score (nSPS) is 17.9. The molecule has 188 valence electrons. The molecule has 0 bridgehead atoms. The van der Waals surface area contributed by atoms with Gasteiger partial charge in [-0.2, -0.15) is 4.98 Å². The van der Waals surface area contributed by atoms with Crippen LogP contribution in [0.25, 0.3) is 16.2 Å². The molecule has 36 heavy (non-hydrogen) atoms. The van der Waals surface area contributed by atoms with Crippen molar-refractivity contribution in [3.63, 3.8) is 0 Å². The largest absolute Gasteiger partial charge is 0.324 e. The summed E-state index contributed by atoms with van der Waals surface area (Å²) in [6.45, 7) is 9.73. The highest BCUT2D eigenvalue weighted by Crippen LogP contribution is 2.48. The van der Waals surface area contributed by atoms with Gasteiger partial charge in [0.15, 0.2) is 5.65 Å². The molecule has 6 rings (SSSR count). The lowest BCUT2D eigenvalue weighted by Gasteiger charge is -2.33. The molecule has 0 unspecified atom stereocenters. The van der Waals surface area contributed by atoms with Crippen LogP contribution in [0.2, 0.25) is 0 Å². The Balaban J connectivity index is 1.42. The number of thiazole rings is 1. The van der Waals surface area contributed by atoms with E-state index in [0.29, 0.717) is 22.1 Å². The molecule has 0 amide bonds. The summed E-state index contributed by atoms with van der Waals surface area (Å²) in [5.41, 5.74) is 4.16. The lowest BCUT2D eigenvalue weighted by Crippen LogP contribution is -2.38. The van der Waals surface area contributed by atoms with Gasteiger partial charge < -0.3 is 10.6 Å². The third-order valence-corrected chi connectivity index (χ3v) is 8.23. The molecule has 1 fully saturated rings. The Morgan fingerprint density at radius 3 is 2.78 bits per heavy atom. The third-order valence-electron chi connectivity index (χ3n) is 7.41. The summed E-state index contributed by atoms with van der Waals surface area (Å²) < 4.78 is 17.1. The van der Waals surface area contributed by atoms with Gasteiger partial charge in [-0.1, -0.05) is 19.9 Å². The number of nitrogens with one attached hydrogen (secondary N) is 2. The molecule has 2 N–H and O–H groups in total. The number of hydrogen-bond donors (Lipinski definition) is 2. The Bertz CT molecular complexity index is 1530. The van der Waals surface area contributed by atoms with Crippen LogP contribution in [0.15, 0.2) is 34.6 Å². The van der Waals surface area contributed by atoms with E-state index in [1.54, 1.807) is 15.6 Å². The van der Waals surface area contributed by atoms with E-state index in [-0.39, 0.29) is 17.0 Å². The maximum Gasteiger partial charge on any atom is 0.278 e. The van der Waals surface area contributed by atoms with Crippen molar-refractivity contribution in [2.75, 3.05) is 18.5 Å². The zero-order valence-corrected chi connectivity index (χ0v) is 21.7. The Labute approximate surface area is 212 Å². The average molecular weight is 508 g/mol. The third kappa shape index (κ3) is 3.66. The van der Waals surface area contributed by atoms with Crippen LogP contribution < -0.4 is 16.2 Å².